The normalized spacial score (nSPS) is 11.0. The van der Waals surface area contributed by atoms with Crippen LogP contribution in [0.25, 0.3) is 33.9 Å². The van der Waals surface area contributed by atoms with Gasteiger partial charge in [0.1, 0.15) is 5.69 Å². The quantitative estimate of drug-likeness (QED) is 0.611. The van der Waals surface area contributed by atoms with Gasteiger partial charge in [0, 0.05) is 22.5 Å². The minimum absolute atomic E-state index is 0.365. The Labute approximate surface area is 123 Å². The number of nitrogens with two attached hydrogens (primary N) is 1. The maximum Gasteiger partial charge on any atom is 0.277 e. The van der Waals surface area contributed by atoms with Crippen LogP contribution in [-0.4, -0.2) is 20.1 Å². The third kappa shape index (κ3) is 2.13. The molecule has 4 aromatic rings. The van der Waals surface area contributed by atoms with Crippen molar-refractivity contribution in [3.8, 4) is 23.0 Å². The molecule has 21 heavy (non-hydrogen) atoms. The molecule has 0 bridgehead atoms. The van der Waals surface area contributed by atoms with E-state index in [1.54, 1.807) is 11.6 Å². The summed E-state index contributed by atoms with van der Waals surface area (Å²) >= 11 is 1.34. The summed E-state index contributed by atoms with van der Waals surface area (Å²) in [6, 6.07) is 9.72. The first-order valence-electron chi connectivity index (χ1n) is 6.20. The van der Waals surface area contributed by atoms with Gasteiger partial charge in [0.05, 0.1) is 5.52 Å². The van der Waals surface area contributed by atoms with Crippen LogP contribution >= 0.6 is 11.3 Å². The Kier molecular flexibility index (Phi) is 2.65. The molecule has 3 heterocycles. The monoisotopic (exact) mass is 295 g/mol. The smallest absolute Gasteiger partial charge is 0.277 e. The minimum Gasteiger partial charge on any atom is -0.375 e. The molecule has 0 saturated heterocycles. The molecule has 0 aliphatic heterocycles. The first kappa shape index (κ1) is 12.0. The molecule has 0 fully saturated rings. The molecular weight excluding hydrogens is 286 g/mol. The van der Waals surface area contributed by atoms with Gasteiger partial charge in [0.25, 0.3) is 5.89 Å². The van der Waals surface area contributed by atoms with Crippen LogP contribution in [-0.2, 0) is 0 Å². The summed E-state index contributed by atoms with van der Waals surface area (Å²) in [5.74, 6) is 0.881. The summed E-state index contributed by atoms with van der Waals surface area (Å²) in [7, 11) is 0. The summed E-state index contributed by atoms with van der Waals surface area (Å²) < 4.78 is 5.24. The number of nitrogens with zero attached hydrogens (tertiary/aromatic N) is 4. The number of benzene rings is 1. The van der Waals surface area contributed by atoms with Crippen molar-refractivity contribution in [3.05, 3.63) is 41.9 Å². The van der Waals surface area contributed by atoms with Crippen LogP contribution in [0.4, 0.5) is 5.13 Å². The molecule has 0 unspecified atom stereocenters. The molecule has 0 aliphatic carbocycles. The van der Waals surface area contributed by atoms with Crippen molar-refractivity contribution in [2.24, 2.45) is 0 Å². The van der Waals surface area contributed by atoms with E-state index in [2.05, 4.69) is 20.1 Å². The number of pyridine rings is 1. The highest BCUT2D eigenvalue weighted by molar-refractivity contribution is 7.13. The molecular formula is C14H9N5OS. The topological polar surface area (TPSA) is 90.7 Å². The van der Waals surface area contributed by atoms with Gasteiger partial charge in [-0.2, -0.15) is 4.98 Å². The lowest BCUT2D eigenvalue weighted by Crippen LogP contribution is -1.84. The lowest BCUT2D eigenvalue weighted by atomic mass is 10.1. The van der Waals surface area contributed by atoms with Crippen LogP contribution in [0.3, 0.4) is 0 Å². The molecule has 1 aromatic carbocycles. The van der Waals surface area contributed by atoms with Crippen LogP contribution in [0.1, 0.15) is 0 Å². The van der Waals surface area contributed by atoms with E-state index < -0.39 is 0 Å². The number of fused-ring (bicyclic) bond motifs is 1. The highest BCUT2D eigenvalue weighted by atomic mass is 32.1. The van der Waals surface area contributed by atoms with Gasteiger partial charge in [-0.05, 0) is 24.3 Å². The predicted molar refractivity (Wildman–Crippen MR) is 80.6 cm³/mol. The molecule has 0 radical (unpaired) electrons. The van der Waals surface area contributed by atoms with Crippen LogP contribution < -0.4 is 5.73 Å². The van der Waals surface area contributed by atoms with Gasteiger partial charge in [-0.25, -0.2) is 4.98 Å². The molecule has 7 heteroatoms. The van der Waals surface area contributed by atoms with E-state index in [4.69, 9.17) is 10.3 Å². The average Bonchev–Trinajstić information content (AvgIpc) is 3.15. The van der Waals surface area contributed by atoms with Crippen molar-refractivity contribution in [1.29, 1.82) is 0 Å². The lowest BCUT2D eigenvalue weighted by molar-refractivity contribution is 0.431. The Morgan fingerprint density at radius 3 is 2.95 bits per heavy atom. The van der Waals surface area contributed by atoms with E-state index in [9.17, 15) is 0 Å². The number of hydrogen-bond donors (Lipinski definition) is 1. The standard InChI is InChI=1S/C14H9N5OS/c15-14-17-11(7-21-14)13-18-12(19-20-13)9-3-4-10-8(6-9)2-1-5-16-10/h1-7H,(H2,15,17). The SMILES string of the molecule is Nc1nc(-c2nc(-c3ccc4ncccc4c3)no2)cs1. The molecule has 0 atom stereocenters. The van der Waals surface area contributed by atoms with Crippen LogP contribution in [0.15, 0.2) is 46.4 Å². The maximum atomic E-state index is 5.61. The number of aromatic nitrogens is 4. The fourth-order valence-corrected chi connectivity index (χ4v) is 2.58. The lowest BCUT2D eigenvalue weighted by Gasteiger charge is -1.98. The van der Waals surface area contributed by atoms with Gasteiger partial charge >= 0.3 is 0 Å². The van der Waals surface area contributed by atoms with Crippen molar-refractivity contribution in [1.82, 2.24) is 20.1 Å². The summed E-state index contributed by atoms with van der Waals surface area (Å²) in [5.41, 5.74) is 8.00. The summed E-state index contributed by atoms with van der Waals surface area (Å²) in [5, 5.41) is 7.29. The third-order valence-electron chi connectivity index (χ3n) is 3.03. The van der Waals surface area contributed by atoms with Crippen molar-refractivity contribution in [2.75, 3.05) is 5.73 Å². The number of nitrogen functional groups attached to an aromatic ring is 1. The highest BCUT2D eigenvalue weighted by Crippen LogP contribution is 2.26. The molecule has 4 rings (SSSR count). The zero-order valence-electron chi connectivity index (χ0n) is 10.7. The van der Waals surface area contributed by atoms with Gasteiger partial charge in [0.2, 0.25) is 5.82 Å². The van der Waals surface area contributed by atoms with Gasteiger partial charge in [0.15, 0.2) is 5.13 Å². The molecule has 0 saturated carbocycles. The number of anilines is 1. The Morgan fingerprint density at radius 1 is 1.14 bits per heavy atom. The Morgan fingerprint density at radius 2 is 2.10 bits per heavy atom. The summed E-state index contributed by atoms with van der Waals surface area (Å²) in [6.45, 7) is 0. The molecule has 102 valence electrons. The van der Waals surface area contributed by atoms with Gasteiger partial charge in [-0.3, -0.25) is 4.98 Å². The minimum atomic E-state index is 0.365. The highest BCUT2D eigenvalue weighted by Gasteiger charge is 2.13. The zero-order valence-corrected chi connectivity index (χ0v) is 11.5. The number of thiazole rings is 1. The van der Waals surface area contributed by atoms with Crippen molar-refractivity contribution < 1.29 is 4.52 Å². The first-order chi connectivity index (χ1) is 10.3. The van der Waals surface area contributed by atoms with Crippen LogP contribution in [0.5, 0.6) is 0 Å². The molecule has 6 nitrogen and oxygen atoms in total. The van der Waals surface area contributed by atoms with E-state index >= 15 is 0 Å². The second kappa shape index (κ2) is 4.64. The summed E-state index contributed by atoms with van der Waals surface area (Å²) in [4.78, 5) is 12.8. The summed E-state index contributed by atoms with van der Waals surface area (Å²) in [6.07, 6.45) is 1.76. The molecule has 0 spiro atoms. The second-order valence-corrected chi connectivity index (χ2v) is 5.29. The molecule has 0 aliphatic rings. The van der Waals surface area contributed by atoms with Crippen molar-refractivity contribution >= 4 is 27.4 Å². The third-order valence-corrected chi connectivity index (χ3v) is 3.70. The van der Waals surface area contributed by atoms with E-state index in [0.29, 0.717) is 22.5 Å². The van der Waals surface area contributed by atoms with Crippen LogP contribution in [0, 0.1) is 0 Å². The second-order valence-electron chi connectivity index (χ2n) is 4.41. The van der Waals surface area contributed by atoms with Crippen molar-refractivity contribution in [2.45, 2.75) is 0 Å². The van der Waals surface area contributed by atoms with Gasteiger partial charge < -0.3 is 10.3 Å². The van der Waals surface area contributed by atoms with Crippen molar-refractivity contribution in [3.63, 3.8) is 0 Å². The average molecular weight is 295 g/mol. The Balaban J connectivity index is 1.77. The maximum absolute atomic E-state index is 5.61. The zero-order chi connectivity index (χ0) is 14.2. The largest absolute Gasteiger partial charge is 0.375 e. The molecule has 3 aromatic heterocycles. The van der Waals surface area contributed by atoms with Gasteiger partial charge in [-0.1, -0.05) is 11.2 Å². The number of rotatable bonds is 2. The van der Waals surface area contributed by atoms with Gasteiger partial charge in [-0.15, -0.1) is 11.3 Å². The van der Waals surface area contributed by atoms with E-state index in [0.717, 1.165) is 16.5 Å². The van der Waals surface area contributed by atoms with Crippen LogP contribution in [0.2, 0.25) is 0 Å². The predicted octanol–water partition coefficient (Wildman–Crippen LogP) is 2.99. The number of hydrogen-bond acceptors (Lipinski definition) is 7. The Bertz CT molecular complexity index is 930. The molecule has 0 amide bonds. The first-order valence-corrected chi connectivity index (χ1v) is 7.08. The van der Waals surface area contributed by atoms with E-state index in [-0.39, 0.29) is 0 Å². The Hall–Kier alpha value is -2.80. The van der Waals surface area contributed by atoms with E-state index in [1.807, 2.05) is 30.3 Å². The molecule has 2 N–H and O–H groups in total. The van der Waals surface area contributed by atoms with E-state index in [1.165, 1.54) is 11.3 Å². The fourth-order valence-electron chi connectivity index (χ4n) is 2.05. The fraction of sp³-hybridized carbons (Fsp3) is 0.